The second kappa shape index (κ2) is 13.9. The van der Waals surface area contributed by atoms with Gasteiger partial charge in [0.1, 0.15) is 5.75 Å². The van der Waals surface area contributed by atoms with Crippen LogP contribution in [0.2, 0.25) is 0 Å². The lowest BCUT2D eigenvalue weighted by Gasteiger charge is -2.36. The molecule has 1 aromatic carbocycles. The lowest BCUT2D eigenvalue weighted by atomic mass is 10.0. The van der Waals surface area contributed by atoms with Crippen LogP contribution >= 0.6 is 0 Å². The zero-order valence-corrected chi connectivity index (χ0v) is 22.4. The first kappa shape index (κ1) is 28.4. The fourth-order valence-corrected chi connectivity index (χ4v) is 4.43. The van der Waals surface area contributed by atoms with Crippen molar-refractivity contribution in [3.8, 4) is 5.75 Å². The topological polar surface area (TPSA) is 65.5 Å². The average Bonchev–Trinajstić information content (AvgIpc) is 2.80. The molecule has 1 N–H and O–H groups in total. The van der Waals surface area contributed by atoms with Crippen molar-refractivity contribution >= 4 is 11.6 Å². The molecule has 194 valence electrons. The Morgan fingerprint density at radius 3 is 2.59 bits per heavy atom. The van der Waals surface area contributed by atoms with Gasteiger partial charge in [-0.2, -0.15) is 0 Å². The molecule has 0 unspecified atom stereocenters. The fourth-order valence-electron chi connectivity index (χ4n) is 4.43. The molecule has 0 aromatic heterocycles. The summed E-state index contributed by atoms with van der Waals surface area (Å²) < 4.78 is 12.6. The molecule has 0 aliphatic carbocycles. The molecule has 4 atom stereocenters. The number of hydrogen-bond donors (Lipinski definition) is 1. The van der Waals surface area contributed by atoms with E-state index < -0.39 is 0 Å². The van der Waals surface area contributed by atoms with Crippen LogP contribution in [0.15, 0.2) is 18.2 Å². The van der Waals surface area contributed by atoms with Gasteiger partial charge in [0.25, 0.3) is 5.91 Å². The Morgan fingerprint density at radius 2 is 1.94 bits per heavy atom. The summed E-state index contributed by atoms with van der Waals surface area (Å²) in [4.78, 5) is 20.0. The molecule has 0 radical (unpaired) electrons. The van der Waals surface area contributed by atoms with E-state index >= 15 is 0 Å². The van der Waals surface area contributed by atoms with Crippen LogP contribution in [0.3, 0.4) is 0 Å². The number of benzene rings is 1. The third kappa shape index (κ3) is 8.14. The standard InChI is InChI=1S/C27H47N3O4/c1-8-14-29(7)18-26-20(2)17-30(21(3)19-31)27(32)24-16-23(28(5)6)12-13-25(24)34-22(4)11-9-10-15-33-26/h12-13,16,20-22,26,31H,8-11,14-15,17-19H2,1-7H3/t20-,21+,22+,26+/m0/s1. The van der Waals surface area contributed by atoms with Crippen LogP contribution in [0.1, 0.15) is 63.7 Å². The molecule has 0 saturated carbocycles. The number of likely N-dealkylation sites (N-methyl/N-ethyl adjacent to an activating group) is 1. The fraction of sp³-hybridized carbons (Fsp3) is 0.741. The molecule has 2 rings (SSSR count). The third-order valence-electron chi connectivity index (χ3n) is 6.65. The maximum absolute atomic E-state index is 13.9. The highest BCUT2D eigenvalue weighted by Crippen LogP contribution is 2.29. The van der Waals surface area contributed by atoms with Gasteiger partial charge in [0.2, 0.25) is 0 Å². The quantitative estimate of drug-likeness (QED) is 0.643. The van der Waals surface area contributed by atoms with Crippen molar-refractivity contribution < 1.29 is 19.4 Å². The van der Waals surface area contributed by atoms with Crippen molar-refractivity contribution in [3.05, 3.63) is 23.8 Å². The van der Waals surface area contributed by atoms with Gasteiger partial charge in [-0.1, -0.05) is 13.8 Å². The SMILES string of the molecule is CCCN(C)C[C@H]1OCCCC[C@@H](C)Oc2ccc(N(C)C)cc2C(=O)N([C@H](C)CO)C[C@@H]1C. The zero-order chi connectivity index (χ0) is 25.3. The Labute approximate surface area is 207 Å². The lowest BCUT2D eigenvalue weighted by molar-refractivity contribution is -0.0167. The first-order chi connectivity index (χ1) is 16.2. The molecule has 7 nitrogen and oxygen atoms in total. The van der Waals surface area contributed by atoms with E-state index in [0.717, 1.165) is 44.5 Å². The molecular weight excluding hydrogens is 430 g/mol. The van der Waals surface area contributed by atoms with E-state index in [0.29, 0.717) is 24.5 Å². The van der Waals surface area contributed by atoms with Gasteiger partial charge in [0.15, 0.2) is 0 Å². The Balaban J connectivity index is 2.45. The number of amides is 1. The Morgan fingerprint density at radius 1 is 1.21 bits per heavy atom. The number of carbonyl (C=O) groups excluding carboxylic acids is 1. The number of aliphatic hydroxyl groups is 1. The summed E-state index contributed by atoms with van der Waals surface area (Å²) in [6.07, 6.45) is 4.00. The average molecular weight is 478 g/mol. The van der Waals surface area contributed by atoms with Crippen molar-refractivity contribution in [1.29, 1.82) is 0 Å². The van der Waals surface area contributed by atoms with Crippen molar-refractivity contribution in [2.75, 3.05) is 58.9 Å². The van der Waals surface area contributed by atoms with Gasteiger partial charge >= 0.3 is 0 Å². The molecule has 0 bridgehead atoms. The van der Waals surface area contributed by atoms with E-state index in [-0.39, 0.29) is 36.7 Å². The summed E-state index contributed by atoms with van der Waals surface area (Å²) in [6, 6.07) is 5.48. The van der Waals surface area contributed by atoms with Crippen LogP contribution in [0.4, 0.5) is 5.69 Å². The van der Waals surface area contributed by atoms with Crippen molar-refractivity contribution in [2.45, 2.75) is 71.6 Å². The molecule has 7 heteroatoms. The van der Waals surface area contributed by atoms with Gasteiger partial charge in [0.05, 0.1) is 30.4 Å². The summed E-state index contributed by atoms with van der Waals surface area (Å²) >= 11 is 0. The number of fused-ring (bicyclic) bond motifs is 1. The molecule has 34 heavy (non-hydrogen) atoms. The van der Waals surface area contributed by atoms with Gasteiger partial charge in [-0.05, 0) is 71.3 Å². The first-order valence-corrected chi connectivity index (χ1v) is 12.9. The summed E-state index contributed by atoms with van der Waals surface area (Å²) in [5.41, 5.74) is 1.49. The first-order valence-electron chi connectivity index (χ1n) is 12.9. The summed E-state index contributed by atoms with van der Waals surface area (Å²) in [5, 5.41) is 10.0. The molecule has 0 fully saturated rings. The molecule has 1 aliphatic rings. The maximum Gasteiger partial charge on any atom is 0.258 e. The zero-order valence-electron chi connectivity index (χ0n) is 22.4. The summed E-state index contributed by atoms with van der Waals surface area (Å²) in [7, 11) is 6.05. The Kier molecular flexibility index (Phi) is 11.6. The number of ether oxygens (including phenoxy) is 2. The van der Waals surface area contributed by atoms with Crippen LogP contribution in [-0.2, 0) is 4.74 Å². The minimum absolute atomic E-state index is 0.00572. The Bertz CT molecular complexity index is 757. The Hall–Kier alpha value is -1.83. The van der Waals surface area contributed by atoms with E-state index in [1.807, 2.05) is 44.1 Å². The van der Waals surface area contributed by atoms with Crippen LogP contribution in [0, 0.1) is 5.92 Å². The molecular formula is C27H47N3O4. The third-order valence-corrected chi connectivity index (χ3v) is 6.65. The highest BCUT2D eigenvalue weighted by Gasteiger charge is 2.30. The van der Waals surface area contributed by atoms with Gasteiger partial charge in [-0.25, -0.2) is 0 Å². The van der Waals surface area contributed by atoms with E-state index in [4.69, 9.17) is 9.47 Å². The summed E-state index contributed by atoms with van der Waals surface area (Å²) in [5.74, 6) is 0.607. The van der Waals surface area contributed by atoms with Gasteiger partial charge < -0.3 is 29.3 Å². The van der Waals surface area contributed by atoms with Crippen LogP contribution in [0.5, 0.6) is 5.75 Å². The summed E-state index contributed by atoms with van der Waals surface area (Å²) in [6.45, 7) is 11.2. The van der Waals surface area contributed by atoms with Gasteiger partial charge in [0, 0.05) is 45.4 Å². The number of nitrogens with zero attached hydrogens (tertiary/aromatic N) is 3. The predicted octanol–water partition coefficient (Wildman–Crippen LogP) is 3.89. The molecule has 1 heterocycles. The van der Waals surface area contributed by atoms with E-state index in [1.54, 1.807) is 4.90 Å². The monoisotopic (exact) mass is 477 g/mol. The lowest BCUT2D eigenvalue weighted by Crippen LogP contribution is -2.47. The molecule has 0 spiro atoms. The van der Waals surface area contributed by atoms with E-state index in [1.165, 1.54) is 0 Å². The van der Waals surface area contributed by atoms with Gasteiger partial charge in [-0.3, -0.25) is 4.79 Å². The minimum Gasteiger partial charge on any atom is -0.490 e. The van der Waals surface area contributed by atoms with Crippen molar-refractivity contribution in [2.24, 2.45) is 5.92 Å². The number of rotatable bonds is 7. The molecule has 0 saturated heterocycles. The number of carbonyl (C=O) groups is 1. The van der Waals surface area contributed by atoms with Crippen molar-refractivity contribution in [3.63, 3.8) is 0 Å². The number of anilines is 1. The van der Waals surface area contributed by atoms with Crippen LogP contribution in [0.25, 0.3) is 0 Å². The molecule has 1 aliphatic heterocycles. The second-order valence-corrected chi connectivity index (χ2v) is 10.1. The van der Waals surface area contributed by atoms with E-state index in [2.05, 4.69) is 32.7 Å². The van der Waals surface area contributed by atoms with Crippen molar-refractivity contribution in [1.82, 2.24) is 9.80 Å². The van der Waals surface area contributed by atoms with Crippen LogP contribution in [-0.4, -0.2) is 93.1 Å². The minimum atomic E-state index is -0.315. The highest BCUT2D eigenvalue weighted by molar-refractivity contribution is 5.98. The number of hydrogen-bond acceptors (Lipinski definition) is 6. The normalized spacial score (nSPS) is 23.7. The van der Waals surface area contributed by atoms with Crippen LogP contribution < -0.4 is 9.64 Å². The smallest absolute Gasteiger partial charge is 0.258 e. The van der Waals surface area contributed by atoms with E-state index in [9.17, 15) is 9.90 Å². The molecule has 1 aromatic rings. The largest absolute Gasteiger partial charge is 0.490 e. The number of aliphatic hydroxyl groups excluding tert-OH is 1. The van der Waals surface area contributed by atoms with Gasteiger partial charge in [-0.15, -0.1) is 0 Å². The highest BCUT2D eigenvalue weighted by atomic mass is 16.5. The molecule has 1 amide bonds. The maximum atomic E-state index is 13.9. The predicted molar refractivity (Wildman–Crippen MR) is 139 cm³/mol. The second-order valence-electron chi connectivity index (χ2n) is 10.1.